The molecule has 0 bridgehead atoms. The molecule has 0 amide bonds. The van der Waals surface area contributed by atoms with E-state index in [9.17, 15) is 13.2 Å². The van der Waals surface area contributed by atoms with Gasteiger partial charge in [0.15, 0.2) is 0 Å². The monoisotopic (exact) mass is 268 g/mol. The number of nitrogens with one attached hydrogen (secondary N) is 1. The Balaban J connectivity index is 2.38. The number of aromatic nitrogens is 1. The van der Waals surface area contributed by atoms with Crippen LogP contribution in [0.3, 0.4) is 0 Å². The van der Waals surface area contributed by atoms with Crippen LogP contribution in [0.1, 0.15) is 24.9 Å². The first kappa shape index (κ1) is 13.8. The molecule has 0 radical (unpaired) electrons. The highest BCUT2D eigenvalue weighted by atomic mass is 19.4. The molecule has 0 aliphatic carbocycles. The van der Waals surface area contributed by atoms with Gasteiger partial charge in [0.2, 0.25) is 0 Å². The minimum Gasteiger partial charge on any atom is -0.302 e. The van der Waals surface area contributed by atoms with E-state index >= 15 is 0 Å². The van der Waals surface area contributed by atoms with Crippen molar-refractivity contribution >= 4 is 10.9 Å². The number of benzene rings is 1. The van der Waals surface area contributed by atoms with Gasteiger partial charge in [0.25, 0.3) is 0 Å². The second-order valence-electron chi connectivity index (χ2n) is 4.39. The van der Waals surface area contributed by atoms with Gasteiger partial charge in [-0.3, -0.25) is 4.98 Å². The molecule has 0 saturated heterocycles. The van der Waals surface area contributed by atoms with Gasteiger partial charge in [-0.1, -0.05) is 25.1 Å². The lowest BCUT2D eigenvalue weighted by molar-refractivity contribution is -0.157. The Hall–Kier alpha value is -1.62. The Morgan fingerprint density at radius 2 is 2.00 bits per heavy atom. The van der Waals surface area contributed by atoms with Gasteiger partial charge >= 0.3 is 6.18 Å². The largest absolute Gasteiger partial charge is 0.407 e. The molecule has 1 aromatic carbocycles. The molecule has 1 aromatic heterocycles. The zero-order chi connectivity index (χ0) is 13.9. The highest BCUT2D eigenvalue weighted by molar-refractivity contribution is 5.78. The first-order valence-corrected chi connectivity index (χ1v) is 6.17. The van der Waals surface area contributed by atoms with E-state index in [-0.39, 0.29) is 5.56 Å². The predicted molar refractivity (Wildman–Crippen MR) is 68.8 cm³/mol. The van der Waals surface area contributed by atoms with Crippen molar-refractivity contribution < 1.29 is 13.2 Å². The number of rotatable bonds is 4. The lowest BCUT2D eigenvalue weighted by atomic mass is 10.1. The van der Waals surface area contributed by atoms with E-state index in [0.29, 0.717) is 23.9 Å². The van der Waals surface area contributed by atoms with Crippen LogP contribution >= 0.6 is 0 Å². The molecule has 2 nitrogen and oxygen atoms in total. The third-order valence-corrected chi connectivity index (χ3v) is 2.87. The van der Waals surface area contributed by atoms with Crippen LogP contribution in [0.5, 0.6) is 0 Å². The second-order valence-corrected chi connectivity index (χ2v) is 4.39. The van der Waals surface area contributed by atoms with E-state index in [1.54, 1.807) is 24.3 Å². The van der Waals surface area contributed by atoms with E-state index in [0.717, 1.165) is 0 Å². The zero-order valence-corrected chi connectivity index (χ0v) is 10.5. The average Bonchev–Trinajstić information content (AvgIpc) is 2.37. The zero-order valence-electron chi connectivity index (χ0n) is 10.5. The van der Waals surface area contributed by atoms with Crippen molar-refractivity contribution in [3.63, 3.8) is 0 Å². The summed E-state index contributed by atoms with van der Waals surface area (Å²) in [6.45, 7) is 2.15. The molecule has 0 aliphatic heterocycles. The van der Waals surface area contributed by atoms with E-state index in [4.69, 9.17) is 0 Å². The number of para-hydroxylation sites is 1. The predicted octanol–water partition coefficient (Wildman–Crippen LogP) is 3.84. The minimum absolute atomic E-state index is 0.152. The molecule has 1 atom stereocenters. The summed E-state index contributed by atoms with van der Waals surface area (Å²) >= 11 is 0. The van der Waals surface area contributed by atoms with Crippen molar-refractivity contribution in [2.24, 2.45) is 0 Å². The average molecular weight is 268 g/mol. The first-order chi connectivity index (χ1) is 9.02. The normalized spacial score (nSPS) is 13.7. The molecule has 0 saturated carbocycles. The summed E-state index contributed by atoms with van der Waals surface area (Å²) < 4.78 is 39.1. The molecule has 19 heavy (non-hydrogen) atoms. The maximum Gasteiger partial charge on any atom is 0.407 e. The van der Waals surface area contributed by atoms with Gasteiger partial charge in [0.05, 0.1) is 5.52 Å². The van der Waals surface area contributed by atoms with Crippen LogP contribution in [0.2, 0.25) is 0 Å². The molecule has 1 N–H and O–H groups in total. The third kappa shape index (κ3) is 3.23. The molecule has 2 aromatic rings. The van der Waals surface area contributed by atoms with Gasteiger partial charge in [-0.2, -0.15) is 13.2 Å². The van der Waals surface area contributed by atoms with E-state index in [1.807, 2.05) is 13.0 Å². The summed E-state index contributed by atoms with van der Waals surface area (Å²) in [5.74, 6) is 0. The second kappa shape index (κ2) is 5.57. The van der Waals surface area contributed by atoms with Crippen molar-refractivity contribution in [2.45, 2.75) is 25.6 Å². The number of halogens is 3. The summed E-state index contributed by atoms with van der Waals surface area (Å²) in [5.41, 5.74) is 0.849. The van der Waals surface area contributed by atoms with Crippen molar-refractivity contribution in [1.82, 2.24) is 10.3 Å². The first-order valence-electron chi connectivity index (χ1n) is 6.17. The van der Waals surface area contributed by atoms with Crippen molar-refractivity contribution in [3.8, 4) is 0 Å². The van der Waals surface area contributed by atoms with E-state index in [2.05, 4.69) is 10.3 Å². The Bertz CT molecular complexity index is 552. The Kier molecular flexibility index (Phi) is 4.04. The van der Waals surface area contributed by atoms with Crippen LogP contribution in [-0.4, -0.2) is 17.7 Å². The van der Waals surface area contributed by atoms with Crippen molar-refractivity contribution in [1.29, 1.82) is 0 Å². The lowest BCUT2D eigenvalue weighted by Gasteiger charge is -2.21. The summed E-state index contributed by atoms with van der Waals surface area (Å²) in [6.07, 6.45) is -2.38. The molecule has 2 rings (SSSR count). The van der Waals surface area contributed by atoms with Crippen LogP contribution in [0.4, 0.5) is 13.2 Å². The molecule has 102 valence electrons. The van der Waals surface area contributed by atoms with Crippen LogP contribution in [-0.2, 0) is 0 Å². The summed E-state index contributed by atoms with van der Waals surface area (Å²) in [4.78, 5) is 4.08. The van der Waals surface area contributed by atoms with Gasteiger partial charge in [-0.25, -0.2) is 0 Å². The Morgan fingerprint density at radius 3 is 2.68 bits per heavy atom. The number of alkyl halides is 3. The molecule has 0 spiro atoms. The lowest BCUT2D eigenvalue weighted by Crippen LogP contribution is -2.34. The van der Waals surface area contributed by atoms with E-state index < -0.39 is 12.2 Å². The molecular formula is C14H15F3N2. The van der Waals surface area contributed by atoms with Gasteiger partial charge in [0, 0.05) is 11.6 Å². The summed E-state index contributed by atoms with van der Waals surface area (Å²) in [5, 5.41) is 3.24. The van der Waals surface area contributed by atoms with Crippen LogP contribution in [0.15, 0.2) is 36.5 Å². The topological polar surface area (TPSA) is 24.9 Å². The van der Waals surface area contributed by atoms with Gasteiger partial charge in [-0.15, -0.1) is 0 Å². The molecule has 0 fully saturated rings. The maximum atomic E-state index is 13.0. The standard InChI is InChI=1S/C14H15F3N2/c1-2-7-18-13(14(15,16)17)11-8-10-5-3-4-6-12(10)19-9-11/h3-6,8-9,13,18H,2,7H2,1H3. The highest BCUT2D eigenvalue weighted by Gasteiger charge is 2.40. The summed E-state index contributed by atoms with van der Waals surface area (Å²) in [6, 6.07) is 7.02. The quantitative estimate of drug-likeness (QED) is 0.911. The fourth-order valence-corrected chi connectivity index (χ4v) is 1.96. The van der Waals surface area contributed by atoms with Gasteiger partial charge in [-0.05, 0) is 30.7 Å². The van der Waals surface area contributed by atoms with Crippen molar-refractivity contribution in [2.75, 3.05) is 6.54 Å². The molecule has 1 unspecified atom stereocenters. The number of nitrogens with zero attached hydrogens (tertiary/aromatic N) is 1. The maximum absolute atomic E-state index is 13.0. The van der Waals surface area contributed by atoms with Crippen LogP contribution < -0.4 is 5.32 Å². The molecule has 5 heteroatoms. The SMILES string of the molecule is CCCNC(c1cnc2ccccc2c1)C(F)(F)F. The number of fused-ring (bicyclic) bond motifs is 1. The Labute approximate surface area is 109 Å². The van der Waals surface area contributed by atoms with Crippen LogP contribution in [0, 0.1) is 0 Å². The highest BCUT2D eigenvalue weighted by Crippen LogP contribution is 2.33. The number of hydrogen-bond donors (Lipinski definition) is 1. The third-order valence-electron chi connectivity index (χ3n) is 2.87. The summed E-state index contributed by atoms with van der Waals surface area (Å²) in [7, 11) is 0. The van der Waals surface area contributed by atoms with E-state index in [1.165, 1.54) is 6.20 Å². The molecular weight excluding hydrogens is 253 g/mol. The van der Waals surface area contributed by atoms with Crippen LogP contribution in [0.25, 0.3) is 10.9 Å². The minimum atomic E-state index is -4.32. The Morgan fingerprint density at radius 1 is 1.26 bits per heavy atom. The smallest absolute Gasteiger partial charge is 0.302 e. The van der Waals surface area contributed by atoms with Crippen molar-refractivity contribution in [3.05, 3.63) is 42.1 Å². The number of pyridine rings is 1. The van der Waals surface area contributed by atoms with Gasteiger partial charge < -0.3 is 5.32 Å². The van der Waals surface area contributed by atoms with Gasteiger partial charge in [0.1, 0.15) is 6.04 Å². The fourth-order valence-electron chi connectivity index (χ4n) is 1.96. The molecule has 1 heterocycles. The fraction of sp³-hybridized carbons (Fsp3) is 0.357. The molecule has 0 aliphatic rings. The number of hydrogen-bond acceptors (Lipinski definition) is 2.